The zero-order valence-electron chi connectivity index (χ0n) is 18.2. The summed E-state index contributed by atoms with van der Waals surface area (Å²) in [5.74, 6) is 0.505. The van der Waals surface area contributed by atoms with Crippen molar-refractivity contribution >= 4 is 29.7 Å². The first kappa shape index (κ1) is 25.6. The van der Waals surface area contributed by atoms with Gasteiger partial charge in [0, 0.05) is 37.1 Å². The predicted molar refractivity (Wildman–Crippen MR) is 133 cm³/mol. The van der Waals surface area contributed by atoms with Crippen molar-refractivity contribution < 1.29 is 26.7 Å². The average molecular weight is 667 g/mol. The molecule has 0 saturated heterocycles. The molecule has 5 nitrogen and oxygen atoms in total. The van der Waals surface area contributed by atoms with Crippen molar-refractivity contribution in [2.24, 2.45) is 5.73 Å². The fourth-order valence-electron chi connectivity index (χ4n) is 3.95. The number of fused-ring (bicyclic) bond motifs is 1. The number of nitrogens with one attached hydrogen (secondary N) is 1. The Hall–Kier alpha value is -2.01. The van der Waals surface area contributed by atoms with Gasteiger partial charge in [-0.25, -0.2) is 0 Å². The summed E-state index contributed by atoms with van der Waals surface area (Å²) in [6.45, 7) is 5.03. The summed E-state index contributed by atoms with van der Waals surface area (Å²) in [5, 5.41) is 24.1. The molecule has 0 radical (unpaired) electrons. The maximum absolute atomic E-state index is 10.0. The van der Waals surface area contributed by atoms with Gasteiger partial charge < -0.3 is 25.8 Å². The summed E-state index contributed by atoms with van der Waals surface area (Å²) in [7, 11) is 9.75. The molecule has 0 unspecified atom stereocenters. The number of aromatic nitrogens is 1. The van der Waals surface area contributed by atoms with Crippen LogP contribution in [0.15, 0.2) is 66.7 Å². The number of hydrogen-bond acceptors (Lipinski definition) is 4. The van der Waals surface area contributed by atoms with Crippen LogP contribution in [0.2, 0.25) is 0 Å². The van der Waals surface area contributed by atoms with E-state index in [4.69, 9.17) is 24.6 Å². The number of nitrogens with zero attached hydrogens (tertiary/aromatic N) is 1. The van der Waals surface area contributed by atoms with Gasteiger partial charge in [0.2, 0.25) is 0 Å². The Kier molecular flexibility index (Phi) is 9.66. The van der Waals surface area contributed by atoms with Crippen molar-refractivity contribution in [2.75, 3.05) is 13.1 Å². The fourth-order valence-corrected chi connectivity index (χ4v) is 3.95. The molecule has 8 heteroatoms. The molecule has 1 heterocycles. The van der Waals surface area contributed by atoms with E-state index in [2.05, 4.69) is 41.1 Å². The number of benzene rings is 3. The Balaban J connectivity index is 0.000000968. The molecule has 4 aromatic rings. The molecule has 0 fully saturated rings. The van der Waals surface area contributed by atoms with Gasteiger partial charge in [-0.1, -0.05) is 24.3 Å². The van der Waals surface area contributed by atoms with Gasteiger partial charge in [-0.3, -0.25) is 0 Å². The Labute approximate surface area is 210 Å². The third kappa shape index (κ3) is 6.53. The number of halogens is 2. The molecule has 0 aliphatic carbocycles. The molecule has 33 heavy (non-hydrogen) atoms. The van der Waals surface area contributed by atoms with E-state index in [1.807, 2.05) is 24.3 Å². The molecule has 0 bridgehead atoms. The quantitative estimate of drug-likeness (QED) is 0.196. The van der Waals surface area contributed by atoms with E-state index in [1.165, 1.54) is 11.1 Å². The van der Waals surface area contributed by atoms with E-state index in [0.717, 1.165) is 40.8 Å². The number of nitrogens with two attached hydrogens (primary N) is 1. The molecule has 0 atom stereocenters. The summed E-state index contributed by atoms with van der Waals surface area (Å²) in [5.41, 5.74) is 12.3. The van der Waals surface area contributed by atoms with E-state index in [1.54, 1.807) is 18.2 Å². The van der Waals surface area contributed by atoms with E-state index in [-0.39, 0.29) is 11.5 Å². The second-order valence-electron chi connectivity index (χ2n) is 7.64. The standard InChI is InChI=1S/C25H27N3O2.2ClH.Pt/c1-17-23-14-22(30)10-11-24(23)28(25(17)20-6-8-21(29)9-7-20)16-19-4-2-18(3-5-19)15-27-13-12-26;;;/h2-11,14,27,29-30H,12-13,15-16,26H2,1H3;2*1H;/q;;;+2/p-2. The maximum atomic E-state index is 10.0. The molecule has 1 aromatic heterocycles. The fraction of sp³-hybridized carbons (Fsp3) is 0.200. The van der Waals surface area contributed by atoms with Gasteiger partial charge in [-0.2, -0.15) is 0 Å². The van der Waals surface area contributed by atoms with Crippen molar-refractivity contribution in [3.63, 3.8) is 0 Å². The second kappa shape index (κ2) is 12.5. The van der Waals surface area contributed by atoms with Crippen LogP contribution in [0, 0.1) is 6.92 Å². The number of phenolic OH excluding ortho intramolecular Hbond substituents is 2. The third-order valence-corrected chi connectivity index (χ3v) is 5.45. The van der Waals surface area contributed by atoms with Crippen molar-refractivity contribution in [1.29, 1.82) is 0 Å². The molecule has 0 aliphatic rings. The van der Waals surface area contributed by atoms with Crippen LogP contribution >= 0.6 is 18.8 Å². The van der Waals surface area contributed by atoms with E-state index < -0.39 is 16.5 Å². The number of aromatic hydroxyl groups is 2. The van der Waals surface area contributed by atoms with Crippen LogP contribution in [0.25, 0.3) is 22.2 Å². The Bertz CT molecular complexity index is 1180. The molecular formula is C25H27Cl2N3O2Pt. The Morgan fingerprint density at radius 1 is 0.909 bits per heavy atom. The monoisotopic (exact) mass is 666 g/mol. The predicted octanol–water partition coefficient (Wildman–Crippen LogP) is 5.50. The van der Waals surface area contributed by atoms with Crippen molar-refractivity contribution in [2.45, 2.75) is 20.0 Å². The summed E-state index contributed by atoms with van der Waals surface area (Å²) < 4.78 is 2.28. The first-order valence-corrected chi connectivity index (χ1v) is 16.0. The molecule has 0 aliphatic heterocycles. The van der Waals surface area contributed by atoms with Crippen molar-refractivity contribution in [3.8, 4) is 22.8 Å². The topological polar surface area (TPSA) is 83.4 Å². The SMILES string of the molecule is Cc1c(-c2ccc(O)cc2)n(Cc2ccc(CNCCN)cc2)c2ccc(O)cc12.[Cl][Pt][Cl]. The molecular weight excluding hydrogens is 640 g/mol. The minimum atomic E-state index is -0.472. The molecule has 3 aromatic carbocycles. The first-order valence-electron chi connectivity index (χ1n) is 10.4. The van der Waals surface area contributed by atoms with Gasteiger partial charge in [-0.05, 0) is 71.6 Å². The number of aryl methyl sites for hydroxylation is 1. The van der Waals surface area contributed by atoms with Crippen molar-refractivity contribution in [3.05, 3.63) is 83.4 Å². The van der Waals surface area contributed by atoms with Gasteiger partial charge in [0.15, 0.2) is 0 Å². The molecule has 0 saturated carbocycles. The van der Waals surface area contributed by atoms with Crippen LogP contribution in [0.1, 0.15) is 16.7 Å². The van der Waals surface area contributed by atoms with Crippen LogP contribution in [0.4, 0.5) is 0 Å². The summed E-state index contributed by atoms with van der Waals surface area (Å²) >= 11 is -0.472. The van der Waals surface area contributed by atoms with Gasteiger partial charge in [0.1, 0.15) is 11.5 Å². The zero-order valence-corrected chi connectivity index (χ0v) is 22.0. The van der Waals surface area contributed by atoms with Crippen LogP contribution in [-0.2, 0) is 29.6 Å². The molecule has 0 amide bonds. The van der Waals surface area contributed by atoms with Crippen molar-refractivity contribution in [1.82, 2.24) is 9.88 Å². The summed E-state index contributed by atoms with van der Waals surface area (Å²) in [6.07, 6.45) is 0. The number of hydrogen-bond donors (Lipinski definition) is 4. The van der Waals surface area contributed by atoms with E-state index in [0.29, 0.717) is 13.1 Å². The van der Waals surface area contributed by atoms with Gasteiger partial charge >= 0.3 is 35.3 Å². The Morgan fingerprint density at radius 2 is 1.52 bits per heavy atom. The first-order chi connectivity index (χ1) is 16.0. The summed E-state index contributed by atoms with van der Waals surface area (Å²) in [4.78, 5) is 0. The average Bonchev–Trinajstić information content (AvgIpc) is 3.07. The molecule has 0 spiro atoms. The normalized spacial score (nSPS) is 10.9. The zero-order chi connectivity index (χ0) is 23.8. The van der Waals surface area contributed by atoms with Gasteiger partial charge in [0.05, 0.1) is 5.69 Å². The van der Waals surface area contributed by atoms with Crippen LogP contribution in [0.3, 0.4) is 0 Å². The van der Waals surface area contributed by atoms with E-state index >= 15 is 0 Å². The number of rotatable bonds is 7. The summed E-state index contributed by atoms with van der Waals surface area (Å²) in [6, 6.07) is 21.4. The Morgan fingerprint density at radius 3 is 2.15 bits per heavy atom. The van der Waals surface area contributed by atoms with Crippen LogP contribution in [0.5, 0.6) is 11.5 Å². The van der Waals surface area contributed by atoms with E-state index in [9.17, 15) is 10.2 Å². The second-order valence-corrected chi connectivity index (χ2v) is 10.9. The van der Waals surface area contributed by atoms with Crippen LogP contribution in [-0.4, -0.2) is 27.9 Å². The van der Waals surface area contributed by atoms with Gasteiger partial charge in [0.25, 0.3) is 0 Å². The minimum absolute atomic E-state index is 0.246. The third-order valence-electron chi connectivity index (χ3n) is 5.45. The molecule has 5 N–H and O–H groups in total. The number of phenols is 2. The molecule has 4 rings (SSSR count). The molecule has 178 valence electrons. The van der Waals surface area contributed by atoms with Crippen LogP contribution < -0.4 is 11.1 Å². The van der Waals surface area contributed by atoms with Gasteiger partial charge in [-0.15, -0.1) is 0 Å².